The van der Waals surface area contributed by atoms with E-state index in [4.69, 9.17) is 4.74 Å². The summed E-state index contributed by atoms with van der Waals surface area (Å²) < 4.78 is 7.19. The number of nitrogens with zero attached hydrogens (tertiary/aromatic N) is 3. The van der Waals surface area contributed by atoms with Crippen molar-refractivity contribution >= 4 is 16.8 Å². The van der Waals surface area contributed by atoms with Gasteiger partial charge in [0.05, 0.1) is 42.5 Å². The van der Waals surface area contributed by atoms with Crippen LogP contribution in [0.4, 0.5) is 0 Å². The Hall–Kier alpha value is -2.25. The number of rotatable bonds is 6. The summed E-state index contributed by atoms with van der Waals surface area (Å²) in [5.41, 5.74) is 0.643. The Kier molecular flexibility index (Phi) is 5.50. The second kappa shape index (κ2) is 8.19. The molecule has 1 amide bonds. The number of hydrogen-bond acceptors (Lipinski definition) is 5. The average Bonchev–Trinajstić information content (AvgIpc) is 3.35. The lowest BCUT2D eigenvalue weighted by Gasteiger charge is -2.27. The Morgan fingerprint density at radius 2 is 2.04 bits per heavy atom. The Balaban J connectivity index is 1.29. The number of likely N-dealkylation sites (tertiary alicyclic amines) is 1. The van der Waals surface area contributed by atoms with Gasteiger partial charge in [0.25, 0.3) is 5.56 Å². The van der Waals surface area contributed by atoms with Gasteiger partial charge in [-0.1, -0.05) is 12.1 Å². The number of hydrogen-bond donors (Lipinski definition) is 1. The van der Waals surface area contributed by atoms with Crippen LogP contribution >= 0.6 is 0 Å². The predicted octanol–water partition coefficient (Wildman–Crippen LogP) is 1.16. The lowest BCUT2D eigenvalue weighted by atomic mass is 10.1. The van der Waals surface area contributed by atoms with E-state index in [1.54, 1.807) is 17.0 Å². The molecule has 2 atom stereocenters. The first-order valence-corrected chi connectivity index (χ1v) is 9.78. The van der Waals surface area contributed by atoms with Gasteiger partial charge >= 0.3 is 0 Å². The van der Waals surface area contributed by atoms with Crippen molar-refractivity contribution in [1.82, 2.24) is 19.8 Å². The smallest absolute Gasteiger partial charge is 0.261 e. The number of para-hydroxylation sites is 1. The summed E-state index contributed by atoms with van der Waals surface area (Å²) >= 11 is 0. The normalized spacial score (nSPS) is 23.1. The number of fused-ring (bicyclic) bond motifs is 1. The summed E-state index contributed by atoms with van der Waals surface area (Å²) in [6, 6.07) is 7.68. The maximum atomic E-state index is 12.5. The van der Waals surface area contributed by atoms with E-state index in [0.29, 0.717) is 49.5 Å². The number of carbonyl (C=O) groups excluding carboxylic acids is 1. The molecule has 3 heterocycles. The molecule has 144 valence electrons. The van der Waals surface area contributed by atoms with Crippen molar-refractivity contribution in [2.24, 2.45) is 0 Å². The zero-order chi connectivity index (χ0) is 18.6. The van der Waals surface area contributed by atoms with Crippen LogP contribution in [0, 0.1) is 0 Å². The quantitative estimate of drug-likeness (QED) is 0.826. The molecule has 1 aromatic heterocycles. The van der Waals surface area contributed by atoms with E-state index >= 15 is 0 Å². The standard InChI is InChI=1S/C20H26N4O3/c25-19(22-17-12-27-13-18(17)23-9-3-4-10-23)8-5-11-24-14-21-16-7-2-1-6-15(16)20(24)26/h1-2,6-7,14,17-18H,3-5,8-13H2,(H,22,25)/t17-,18-/m1/s1. The molecule has 0 radical (unpaired) electrons. The molecule has 27 heavy (non-hydrogen) atoms. The molecule has 0 bridgehead atoms. The fraction of sp³-hybridized carbons (Fsp3) is 0.550. The molecule has 1 aromatic carbocycles. The topological polar surface area (TPSA) is 76.5 Å². The van der Waals surface area contributed by atoms with Gasteiger partial charge in [-0.2, -0.15) is 0 Å². The van der Waals surface area contributed by atoms with Crippen LogP contribution in [-0.4, -0.2) is 58.7 Å². The number of carbonyl (C=O) groups is 1. The van der Waals surface area contributed by atoms with Gasteiger partial charge in [0, 0.05) is 13.0 Å². The Bertz CT molecular complexity index is 860. The highest BCUT2D eigenvalue weighted by Gasteiger charge is 2.35. The fourth-order valence-electron chi connectivity index (χ4n) is 4.07. The van der Waals surface area contributed by atoms with Gasteiger partial charge in [-0.3, -0.25) is 19.1 Å². The van der Waals surface area contributed by atoms with Crippen LogP contribution in [-0.2, 0) is 16.1 Å². The molecule has 7 nitrogen and oxygen atoms in total. The van der Waals surface area contributed by atoms with Gasteiger partial charge in [0.2, 0.25) is 5.91 Å². The van der Waals surface area contributed by atoms with Crippen molar-refractivity contribution < 1.29 is 9.53 Å². The molecule has 2 fully saturated rings. The highest BCUT2D eigenvalue weighted by Crippen LogP contribution is 2.19. The van der Waals surface area contributed by atoms with E-state index in [9.17, 15) is 9.59 Å². The van der Waals surface area contributed by atoms with Crippen molar-refractivity contribution in [1.29, 1.82) is 0 Å². The SMILES string of the molecule is O=C(CCCn1cnc2ccccc2c1=O)N[C@@H]1COC[C@H]1N1CCCC1. The van der Waals surface area contributed by atoms with Crippen molar-refractivity contribution in [3.05, 3.63) is 40.9 Å². The van der Waals surface area contributed by atoms with E-state index in [2.05, 4.69) is 15.2 Å². The summed E-state index contributed by atoms with van der Waals surface area (Å²) in [6.45, 7) is 3.96. The number of benzene rings is 1. The van der Waals surface area contributed by atoms with Crippen LogP contribution in [0.25, 0.3) is 10.9 Å². The average molecular weight is 370 g/mol. The van der Waals surface area contributed by atoms with Gasteiger partial charge in [0.1, 0.15) is 0 Å². The molecule has 4 rings (SSSR count). The number of aromatic nitrogens is 2. The second-order valence-electron chi connectivity index (χ2n) is 7.39. The Morgan fingerprint density at radius 1 is 1.22 bits per heavy atom. The lowest BCUT2D eigenvalue weighted by Crippen LogP contribution is -2.50. The maximum absolute atomic E-state index is 12.5. The first kappa shape index (κ1) is 18.1. The predicted molar refractivity (Wildman–Crippen MR) is 103 cm³/mol. The van der Waals surface area contributed by atoms with Gasteiger partial charge in [0.15, 0.2) is 0 Å². The van der Waals surface area contributed by atoms with E-state index in [1.807, 2.05) is 18.2 Å². The number of amides is 1. The Labute approximate surface area is 158 Å². The van der Waals surface area contributed by atoms with Gasteiger partial charge in [-0.05, 0) is 44.5 Å². The molecule has 7 heteroatoms. The molecule has 2 aliphatic rings. The largest absolute Gasteiger partial charge is 0.378 e. The number of nitrogens with one attached hydrogen (secondary N) is 1. The zero-order valence-corrected chi connectivity index (χ0v) is 15.5. The maximum Gasteiger partial charge on any atom is 0.261 e. The van der Waals surface area contributed by atoms with E-state index in [-0.39, 0.29) is 17.5 Å². The minimum Gasteiger partial charge on any atom is -0.378 e. The second-order valence-corrected chi connectivity index (χ2v) is 7.39. The molecular formula is C20H26N4O3. The van der Waals surface area contributed by atoms with Crippen LogP contribution < -0.4 is 10.9 Å². The third kappa shape index (κ3) is 4.04. The van der Waals surface area contributed by atoms with Crippen LogP contribution in [0.1, 0.15) is 25.7 Å². The van der Waals surface area contributed by atoms with E-state index in [0.717, 1.165) is 13.1 Å². The highest BCUT2D eigenvalue weighted by molar-refractivity contribution is 5.77. The third-order valence-corrected chi connectivity index (χ3v) is 5.54. The van der Waals surface area contributed by atoms with Crippen molar-refractivity contribution in [3.8, 4) is 0 Å². The summed E-state index contributed by atoms with van der Waals surface area (Å²) in [7, 11) is 0. The minimum absolute atomic E-state index is 0.0245. The molecular weight excluding hydrogens is 344 g/mol. The van der Waals surface area contributed by atoms with Crippen LogP contribution in [0.2, 0.25) is 0 Å². The fourth-order valence-corrected chi connectivity index (χ4v) is 4.07. The first-order chi connectivity index (χ1) is 13.2. The van der Waals surface area contributed by atoms with Crippen LogP contribution in [0.5, 0.6) is 0 Å². The van der Waals surface area contributed by atoms with Crippen LogP contribution in [0.3, 0.4) is 0 Å². The molecule has 2 saturated heterocycles. The Morgan fingerprint density at radius 3 is 2.89 bits per heavy atom. The zero-order valence-electron chi connectivity index (χ0n) is 15.5. The third-order valence-electron chi connectivity index (χ3n) is 5.54. The lowest BCUT2D eigenvalue weighted by molar-refractivity contribution is -0.122. The number of ether oxygens (including phenoxy) is 1. The van der Waals surface area contributed by atoms with Gasteiger partial charge in [-0.25, -0.2) is 4.98 Å². The molecule has 2 aromatic rings. The van der Waals surface area contributed by atoms with Crippen molar-refractivity contribution in [2.45, 2.75) is 44.3 Å². The monoisotopic (exact) mass is 370 g/mol. The molecule has 1 N–H and O–H groups in total. The van der Waals surface area contributed by atoms with E-state index in [1.165, 1.54) is 12.8 Å². The van der Waals surface area contributed by atoms with Crippen molar-refractivity contribution in [2.75, 3.05) is 26.3 Å². The first-order valence-electron chi connectivity index (χ1n) is 9.78. The van der Waals surface area contributed by atoms with Gasteiger partial charge in [-0.15, -0.1) is 0 Å². The summed E-state index contributed by atoms with van der Waals surface area (Å²) in [5, 5.41) is 3.74. The highest BCUT2D eigenvalue weighted by atomic mass is 16.5. The summed E-state index contributed by atoms with van der Waals surface area (Å²) in [5.74, 6) is 0.0245. The number of aryl methyl sites for hydroxylation is 1. The molecule has 0 unspecified atom stereocenters. The van der Waals surface area contributed by atoms with E-state index < -0.39 is 0 Å². The summed E-state index contributed by atoms with van der Waals surface area (Å²) in [4.78, 5) is 31.6. The minimum atomic E-state index is -0.0562. The van der Waals surface area contributed by atoms with Crippen LogP contribution in [0.15, 0.2) is 35.4 Å². The molecule has 0 saturated carbocycles. The summed E-state index contributed by atoms with van der Waals surface area (Å²) in [6.07, 6.45) is 5.02. The van der Waals surface area contributed by atoms with Crippen molar-refractivity contribution in [3.63, 3.8) is 0 Å². The molecule has 0 spiro atoms. The van der Waals surface area contributed by atoms with Gasteiger partial charge < -0.3 is 10.1 Å². The molecule has 2 aliphatic heterocycles. The molecule has 0 aliphatic carbocycles.